The van der Waals surface area contributed by atoms with Crippen molar-refractivity contribution in [2.45, 2.75) is 13.2 Å². The normalized spacial score (nSPS) is 10.3. The number of methoxy groups -OCH3 is 2. The molecule has 3 N–H and O–H groups in total. The summed E-state index contributed by atoms with van der Waals surface area (Å²) in [5.74, 6) is -3.16. The lowest BCUT2D eigenvalue weighted by Crippen LogP contribution is -2.39. The number of ether oxygens (including phenoxy) is 4. The highest BCUT2D eigenvalue weighted by molar-refractivity contribution is 6.47. The number of halogens is 1. The summed E-state index contributed by atoms with van der Waals surface area (Å²) >= 11 is 6.56. The second-order valence-electron chi connectivity index (χ2n) is 8.17. The Kier molecular flexibility index (Phi) is 10.7. The average molecular weight is 571 g/mol. The predicted molar refractivity (Wildman–Crippen MR) is 144 cm³/mol. The minimum atomic E-state index is -1.66. The van der Waals surface area contributed by atoms with Gasteiger partial charge in [-0.05, 0) is 47.5 Å². The van der Waals surface area contributed by atoms with Crippen LogP contribution < -0.4 is 29.6 Å². The first kappa shape index (κ1) is 29.8. The Bertz CT molecular complexity index is 1360. The zero-order chi connectivity index (χ0) is 29.1. The van der Waals surface area contributed by atoms with Gasteiger partial charge in [-0.2, -0.15) is 0 Å². The van der Waals surface area contributed by atoms with E-state index in [1.807, 2.05) is 12.1 Å². The van der Waals surface area contributed by atoms with Crippen LogP contribution >= 0.6 is 11.6 Å². The van der Waals surface area contributed by atoms with Crippen LogP contribution in [0.1, 0.15) is 21.5 Å². The van der Waals surface area contributed by atoms with Gasteiger partial charge in [0.2, 0.25) is 0 Å². The van der Waals surface area contributed by atoms with Crippen molar-refractivity contribution in [2.75, 3.05) is 27.3 Å². The van der Waals surface area contributed by atoms with Crippen molar-refractivity contribution < 1.29 is 43.2 Å². The Hall–Kier alpha value is -4.77. The lowest BCUT2D eigenvalue weighted by molar-refractivity contribution is -0.150. The van der Waals surface area contributed by atoms with Gasteiger partial charge in [-0.25, -0.2) is 4.79 Å². The number of rotatable bonds is 13. The molecular weight excluding hydrogens is 544 g/mol. The fraction of sp³-hybridized carbons (Fsp3) is 0.214. The van der Waals surface area contributed by atoms with Gasteiger partial charge in [0.25, 0.3) is 11.7 Å². The molecule has 0 aromatic heterocycles. The van der Waals surface area contributed by atoms with E-state index in [2.05, 4.69) is 10.6 Å². The van der Waals surface area contributed by atoms with Crippen LogP contribution in [0, 0.1) is 0 Å². The number of carboxylic acids is 1. The molecule has 0 atom stereocenters. The van der Waals surface area contributed by atoms with E-state index in [0.717, 1.165) is 11.1 Å². The molecule has 40 heavy (non-hydrogen) atoms. The molecule has 3 rings (SSSR count). The van der Waals surface area contributed by atoms with Crippen LogP contribution in [0.2, 0.25) is 5.02 Å². The van der Waals surface area contributed by atoms with Gasteiger partial charge < -0.3 is 34.7 Å². The monoisotopic (exact) mass is 570 g/mol. The van der Waals surface area contributed by atoms with E-state index in [0.29, 0.717) is 11.5 Å². The van der Waals surface area contributed by atoms with E-state index in [1.165, 1.54) is 12.1 Å². The topological polar surface area (TPSA) is 149 Å². The predicted octanol–water partition coefficient (Wildman–Crippen LogP) is 3.01. The quantitative estimate of drug-likeness (QED) is 0.160. The van der Waals surface area contributed by atoms with Gasteiger partial charge in [0.15, 0.2) is 11.5 Å². The Balaban J connectivity index is 1.77. The molecule has 2 amide bonds. The Labute approximate surface area is 234 Å². The number of carboxylic acid groups (broad SMARTS) is 1. The van der Waals surface area contributed by atoms with Gasteiger partial charge in [-0.15, -0.1) is 0 Å². The average Bonchev–Trinajstić information content (AvgIpc) is 2.97. The van der Waals surface area contributed by atoms with E-state index in [1.54, 1.807) is 50.6 Å². The maximum Gasteiger partial charge on any atom is 0.394 e. The summed E-state index contributed by atoms with van der Waals surface area (Å²) in [5.41, 5.74) is 1.50. The van der Waals surface area contributed by atoms with Gasteiger partial charge in [0, 0.05) is 13.1 Å². The van der Waals surface area contributed by atoms with E-state index < -0.39 is 23.6 Å². The molecule has 3 aromatic rings. The number of nitrogens with one attached hydrogen (secondary N) is 2. The number of hydrogen-bond acceptors (Lipinski definition) is 8. The second kappa shape index (κ2) is 14.4. The molecule has 0 unspecified atom stereocenters. The zero-order valence-corrected chi connectivity index (χ0v) is 22.4. The number of hydrogen-bond donors (Lipinski definition) is 3. The van der Waals surface area contributed by atoms with Crippen molar-refractivity contribution in [1.82, 2.24) is 10.6 Å². The fourth-order valence-corrected chi connectivity index (χ4v) is 3.65. The SMILES string of the molecule is COc1ccc(COc2ccc(C(=O)C(=O)NCCNC(=O)C(=O)O)c(Cl)c2OCc2ccc(OC)cc2)cc1. The summed E-state index contributed by atoms with van der Waals surface area (Å²) in [6.07, 6.45) is 0. The highest BCUT2D eigenvalue weighted by Crippen LogP contribution is 2.39. The third-order valence-electron chi connectivity index (χ3n) is 5.50. The zero-order valence-electron chi connectivity index (χ0n) is 21.7. The van der Waals surface area contributed by atoms with Crippen LogP contribution in [-0.4, -0.2) is 56.0 Å². The number of aliphatic carboxylic acids is 1. The Morgan fingerprint density at radius 1 is 0.725 bits per heavy atom. The summed E-state index contributed by atoms with van der Waals surface area (Å²) in [6, 6.07) is 17.2. The van der Waals surface area contributed by atoms with Crippen LogP contribution in [0.25, 0.3) is 0 Å². The lowest BCUT2D eigenvalue weighted by atomic mass is 10.1. The van der Waals surface area contributed by atoms with E-state index >= 15 is 0 Å². The number of Topliss-reactive ketones (excluding diaryl/α,β-unsaturated/α-hetero) is 1. The molecule has 0 radical (unpaired) electrons. The molecule has 0 fully saturated rings. The molecule has 0 bridgehead atoms. The number of ketones is 1. The van der Waals surface area contributed by atoms with E-state index in [4.69, 9.17) is 35.7 Å². The van der Waals surface area contributed by atoms with Crippen molar-refractivity contribution in [3.05, 3.63) is 82.4 Å². The smallest absolute Gasteiger partial charge is 0.394 e. The van der Waals surface area contributed by atoms with E-state index in [-0.39, 0.29) is 48.4 Å². The summed E-state index contributed by atoms with van der Waals surface area (Å²) in [6.45, 7) is -0.123. The first-order valence-electron chi connectivity index (χ1n) is 11.9. The van der Waals surface area contributed by atoms with Crippen molar-refractivity contribution >= 4 is 35.2 Å². The lowest BCUT2D eigenvalue weighted by Gasteiger charge is -2.17. The molecule has 3 aromatic carbocycles. The van der Waals surface area contributed by atoms with Crippen molar-refractivity contribution in [3.8, 4) is 23.0 Å². The van der Waals surface area contributed by atoms with Crippen molar-refractivity contribution in [2.24, 2.45) is 0 Å². The van der Waals surface area contributed by atoms with Crippen molar-refractivity contribution in [3.63, 3.8) is 0 Å². The minimum Gasteiger partial charge on any atom is -0.497 e. The molecule has 11 nitrogen and oxygen atoms in total. The summed E-state index contributed by atoms with van der Waals surface area (Å²) in [4.78, 5) is 46.9. The maximum atomic E-state index is 12.8. The van der Waals surface area contributed by atoms with Crippen molar-refractivity contribution in [1.29, 1.82) is 0 Å². The maximum absolute atomic E-state index is 12.8. The summed E-state index contributed by atoms with van der Waals surface area (Å²) in [5, 5.41) is 12.8. The van der Waals surface area contributed by atoms with Crippen LogP contribution in [-0.2, 0) is 27.6 Å². The fourth-order valence-electron chi connectivity index (χ4n) is 3.35. The highest BCUT2D eigenvalue weighted by Gasteiger charge is 2.24. The third-order valence-corrected chi connectivity index (χ3v) is 5.87. The first-order valence-corrected chi connectivity index (χ1v) is 12.3. The molecule has 0 heterocycles. The van der Waals surface area contributed by atoms with Gasteiger partial charge in [0.1, 0.15) is 24.7 Å². The van der Waals surface area contributed by atoms with Gasteiger partial charge in [-0.1, -0.05) is 35.9 Å². The molecule has 0 saturated carbocycles. The Morgan fingerprint density at radius 2 is 1.23 bits per heavy atom. The molecule has 0 aliphatic rings. The molecule has 0 saturated heterocycles. The van der Waals surface area contributed by atoms with Crippen LogP contribution in [0.3, 0.4) is 0 Å². The van der Waals surface area contributed by atoms with Gasteiger partial charge in [-0.3, -0.25) is 14.4 Å². The number of carbonyl (C=O) groups excluding carboxylic acids is 3. The summed E-state index contributed by atoms with van der Waals surface area (Å²) < 4.78 is 22.3. The highest BCUT2D eigenvalue weighted by atomic mass is 35.5. The first-order chi connectivity index (χ1) is 19.2. The molecule has 0 aliphatic heterocycles. The number of amides is 2. The second-order valence-corrected chi connectivity index (χ2v) is 8.55. The molecule has 0 aliphatic carbocycles. The number of carbonyl (C=O) groups is 4. The van der Waals surface area contributed by atoms with E-state index in [9.17, 15) is 19.2 Å². The molecule has 210 valence electrons. The summed E-state index contributed by atoms with van der Waals surface area (Å²) in [7, 11) is 3.13. The Morgan fingerprint density at radius 3 is 1.73 bits per heavy atom. The third kappa shape index (κ3) is 8.11. The van der Waals surface area contributed by atoms with Gasteiger partial charge in [0.05, 0.1) is 24.8 Å². The minimum absolute atomic E-state index is 0.0679. The van der Waals surface area contributed by atoms with Crippen LogP contribution in [0.4, 0.5) is 0 Å². The molecular formula is C28H27ClN2O9. The molecule has 12 heteroatoms. The van der Waals surface area contributed by atoms with Gasteiger partial charge >= 0.3 is 11.9 Å². The van der Waals surface area contributed by atoms with Crippen LogP contribution in [0.5, 0.6) is 23.0 Å². The largest absolute Gasteiger partial charge is 0.497 e. The van der Waals surface area contributed by atoms with Crippen LogP contribution in [0.15, 0.2) is 60.7 Å². The standard InChI is InChI=1S/C28H27ClN2O9/c1-37-19-7-3-17(4-8-19)15-39-22-12-11-21(24(32)26(33)30-13-14-31-27(34)28(35)36)23(29)25(22)40-16-18-5-9-20(38-2)10-6-18/h3-12H,13-16H2,1-2H3,(H,30,33)(H,31,34)(H,35,36). The molecule has 0 spiro atoms. The number of benzene rings is 3.